The molecule has 0 atom stereocenters. The van der Waals surface area contributed by atoms with Gasteiger partial charge < -0.3 is 0 Å². The minimum atomic E-state index is -0.163. The number of rotatable bonds is 1. The van der Waals surface area contributed by atoms with Crippen LogP contribution in [-0.4, -0.2) is 0 Å². The van der Waals surface area contributed by atoms with Gasteiger partial charge in [-0.1, -0.05) is 13.0 Å². The summed E-state index contributed by atoms with van der Waals surface area (Å²) in [5, 5.41) is 1.17. The molecule has 0 aliphatic heterocycles. The molecule has 1 aromatic carbocycles. The second-order valence-electron chi connectivity index (χ2n) is 2.85. The fourth-order valence-corrected chi connectivity index (χ4v) is 3.48. The maximum atomic E-state index is 12.9. The normalized spacial score (nSPS) is 11.0. The summed E-state index contributed by atoms with van der Waals surface area (Å²) in [6, 6.07) is 4.95. The standard InChI is InChI=1S/C10H8BrFS/c1-2-7-8-4-3-6(12)5-9(8)13-10(7)11/h3-5H,2H2,1H3. The quantitative estimate of drug-likeness (QED) is 0.713. The molecule has 0 amide bonds. The molecule has 0 aliphatic rings. The summed E-state index contributed by atoms with van der Waals surface area (Å²) in [5.74, 6) is -0.163. The van der Waals surface area contributed by atoms with E-state index in [4.69, 9.17) is 0 Å². The Balaban J connectivity index is 2.79. The molecule has 2 rings (SSSR count). The van der Waals surface area contributed by atoms with Gasteiger partial charge in [0.05, 0.1) is 3.79 Å². The summed E-state index contributed by atoms with van der Waals surface area (Å²) in [4.78, 5) is 0. The lowest BCUT2D eigenvalue weighted by atomic mass is 10.1. The first-order chi connectivity index (χ1) is 6.22. The first-order valence-corrected chi connectivity index (χ1v) is 5.69. The summed E-state index contributed by atoms with van der Waals surface area (Å²) in [5.41, 5.74) is 1.28. The van der Waals surface area contributed by atoms with E-state index in [2.05, 4.69) is 22.9 Å². The highest BCUT2D eigenvalue weighted by Gasteiger charge is 2.08. The summed E-state index contributed by atoms with van der Waals surface area (Å²) in [6.07, 6.45) is 0.978. The van der Waals surface area contributed by atoms with Crippen LogP contribution >= 0.6 is 27.3 Å². The van der Waals surface area contributed by atoms with E-state index in [1.165, 1.54) is 17.0 Å². The fraction of sp³-hybridized carbons (Fsp3) is 0.200. The highest BCUT2D eigenvalue weighted by Crippen LogP contribution is 2.35. The van der Waals surface area contributed by atoms with Crippen LogP contribution in [0.1, 0.15) is 12.5 Å². The molecule has 0 nitrogen and oxygen atoms in total. The first-order valence-electron chi connectivity index (χ1n) is 4.08. The molecule has 2 aromatic rings. The van der Waals surface area contributed by atoms with E-state index in [1.807, 2.05) is 6.07 Å². The van der Waals surface area contributed by atoms with Crippen molar-refractivity contribution in [2.45, 2.75) is 13.3 Å². The van der Waals surface area contributed by atoms with Crippen molar-refractivity contribution in [2.24, 2.45) is 0 Å². The molecule has 1 heterocycles. The Morgan fingerprint density at radius 2 is 2.23 bits per heavy atom. The molecule has 0 aliphatic carbocycles. The van der Waals surface area contributed by atoms with Crippen molar-refractivity contribution in [3.8, 4) is 0 Å². The Kier molecular flexibility index (Phi) is 2.39. The predicted molar refractivity (Wildman–Crippen MR) is 58.9 cm³/mol. The second-order valence-corrected chi connectivity index (χ2v) is 5.22. The van der Waals surface area contributed by atoms with Gasteiger partial charge >= 0.3 is 0 Å². The molecule has 0 radical (unpaired) electrons. The fourth-order valence-electron chi connectivity index (χ4n) is 1.42. The van der Waals surface area contributed by atoms with Crippen LogP contribution in [0.4, 0.5) is 4.39 Å². The average Bonchev–Trinajstić information content (AvgIpc) is 2.39. The van der Waals surface area contributed by atoms with Crippen LogP contribution in [0, 0.1) is 5.82 Å². The molecule has 0 bridgehead atoms. The third-order valence-electron chi connectivity index (χ3n) is 2.06. The molecule has 3 heteroatoms. The topological polar surface area (TPSA) is 0 Å². The number of aryl methyl sites for hydroxylation is 1. The summed E-state index contributed by atoms with van der Waals surface area (Å²) in [6.45, 7) is 2.11. The van der Waals surface area contributed by atoms with Gasteiger partial charge in [-0.05, 0) is 45.4 Å². The minimum Gasteiger partial charge on any atom is -0.207 e. The van der Waals surface area contributed by atoms with E-state index in [1.54, 1.807) is 17.4 Å². The monoisotopic (exact) mass is 258 g/mol. The summed E-state index contributed by atoms with van der Waals surface area (Å²) in [7, 11) is 0. The van der Waals surface area contributed by atoms with Crippen LogP contribution in [0.25, 0.3) is 10.1 Å². The van der Waals surface area contributed by atoms with E-state index in [0.29, 0.717) is 0 Å². The van der Waals surface area contributed by atoms with Crippen molar-refractivity contribution < 1.29 is 4.39 Å². The van der Waals surface area contributed by atoms with Gasteiger partial charge in [0.1, 0.15) is 5.82 Å². The third kappa shape index (κ3) is 1.51. The van der Waals surface area contributed by atoms with E-state index in [-0.39, 0.29) is 5.82 Å². The van der Waals surface area contributed by atoms with Crippen molar-refractivity contribution in [2.75, 3.05) is 0 Å². The predicted octanol–water partition coefficient (Wildman–Crippen LogP) is 4.37. The second kappa shape index (κ2) is 3.39. The number of halogens is 2. The summed E-state index contributed by atoms with van der Waals surface area (Å²) >= 11 is 5.08. The highest BCUT2D eigenvalue weighted by molar-refractivity contribution is 9.11. The molecular weight excluding hydrogens is 251 g/mol. The van der Waals surface area contributed by atoms with Gasteiger partial charge in [-0.25, -0.2) is 4.39 Å². The Morgan fingerprint density at radius 1 is 1.46 bits per heavy atom. The average molecular weight is 259 g/mol. The lowest BCUT2D eigenvalue weighted by Crippen LogP contribution is -1.77. The molecule has 0 saturated heterocycles. The van der Waals surface area contributed by atoms with Gasteiger partial charge in [-0.3, -0.25) is 0 Å². The Hall–Kier alpha value is -0.410. The van der Waals surface area contributed by atoms with Gasteiger partial charge in [-0.2, -0.15) is 0 Å². The van der Waals surface area contributed by atoms with Crippen molar-refractivity contribution in [3.05, 3.63) is 33.4 Å². The van der Waals surface area contributed by atoms with Crippen molar-refractivity contribution in [1.82, 2.24) is 0 Å². The maximum absolute atomic E-state index is 12.9. The largest absolute Gasteiger partial charge is 0.207 e. The minimum absolute atomic E-state index is 0.163. The number of fused-ring (bicyclic) bond motifs is 1. The van der Waals surface area contributed by atoms with Crippen LogP contribution in [0.15, 0.2) is 22.0 Å². The molecule has 0 N–H and O–H groups in total. The lowest BCUT2D eigenvalue weighted by Gasteiger charge is -1.94. The number of thiophene rings is 1. The van der Waals surface area contributed by atoms with Gasteiger partial charge in [0.2, 0.25) is 0 Å². The van der Waals surface area contributed by atoms with Gasteiger partial charge in [0.25, 0.3) is 0 Å². The van der Waals surface area contributed by atoms with Gasteiger partial charge in [0, 0.05) is 4.70 Å². The number of hydrogen-bond acceptors (Lipinski definition) is 1. The Labute approximate surface area is 88.5 Å². The van der Waals surface area contributed by atoms with Crippen LogP contribution < -0.4 is 0 Å². The zero-order valence-electron chi connectivity index (χ0n) is 7.10. The van der Waals surface area contributed by atoms with Crippen LogP contribution in [0.5, 0.6) is 0 Å². The number of benzene rings is 1. The Morgan fingerprint density at radius 3 is 2.92 bits per heavy atom. The third-order valence-corrected chi connectivity index (χ3v) is 4.01. The number of hydrogen-bond donors (Lipinski definition) is 0. The Bertz CT molecular complexity index is 447. The molecule has 68 valence electrons. The molecule has 0 saturated carbocycles. The smallest absolute Gasteiger partial charge is 0.124 e. The van der Waals surface area contributed by atoms with E-state index >= 15 is 0 Å². The van der Waals surface area contributed by atoms with E-state index in [0.717, 1.165) is 14.9 Å². The zero-order valence-corrected chi connectivity index (χ0v) is 9.51. The molecule has 0 unspecified atom stereocenters. The van der Waals surface area contributed by atoms with Crippen LogP contribution in [-0.2, 0) is 6.42 Å². The van der Waals surface area contributed by atoms with Crippen molar-refractivity contribution in [3.63, 3.8) is 0 Å². The summed E-state index contributed by atoms with van der Waals surface area (Å²) < 4.78 is 15.0. The molecular formula is C10H8BrFS. The van der Waals surface area contributed by atoms with E-state index < -0.39 is 0 Å². The molecule has 13 heavy (non-hydrogen) atoms. The highest BCUT2D eigenvalue weighted by atomic mass is 79.9. The SMILES string of the molecule is CCc1c(Br)sc2cc(F)ccc12. The van der Waals surface area contributed by atoms with Gasteiger partial charge in [-0.15, -0.1) is 11.3 Å². The molecule has 0 fully saturated rings. The van der Waals surface area contributed by atoms with Crippen LogP contribution in [0.3, 0.4) is 0 Å². The first kappa shape index (κ1) is 9.16. The van der Waals surface area contributed by atoms with Crippen LogP contribution in [0.2, 0.25) is 0 Å². The molecule has 1 aromatic heterocycles. The molecule has 0 spiro atoms. The van der Waals surface area contributed by atoms with Crippen molar-refractivity contribution >= 4 is 37.4 Å². The van der Waals surface area contributed by atoms with Gasteiger partial charge in [0.15, 0.2) is 0 Å². The zero-order chi connectivity index (χ0) is 9.42. The van der Waals surface area contributed by atoms with E-state index in [9.17, 15) is 4.39 Å². The van der Waals surface area contributed by atoms with Crippen molar-refractivity contribution in [1.29, 1.82) is 0 Å². The lowest BCUT2D eigenvalue weighted by molar-refractivity contribution is 0.630. The maximum Gasteiger partial charge on any atom is 0.124 e.